The summed E-state index contributed by atoms with van der Waals surface area (Å²) >= 11 is 0. The topological polar surface area (TPSA) is 84.6 Å². The number of nitrogens with one attached hydrogen (secondary N) is 1. The van der Waals surface area contributed by atoms with Crippen LogP contribution in [0.25, 0.3) is 0 Å². The summed E-state index contributed by atoms with van der Waals surface area (Å²) in [6, 6.07) is 15.4. The number of carbonyl (C=O) groups is 1. The number of nitrogens with two attached hydrogens (primary N) is 1. The summed E-state index contributed by atoms with van der Waals surface area (Å²) in [6.45, 7) is 0.429. The normalized spacial score (nSPS) is 11.9. The fraction of sp³-hybridized carbons (Fsp3) is 0.188. The second kappa shape index (κ2) is 7.42. The van der Waals surface area contributed by atoms with Gasteiger partial charge in [0.1, 0.15) is 11.8 Å². The van der Waals surface area contributed by atoms with Crippen LogP contribution < -0.4 is 11.2 Å². The number of hydrogen-bond donors (Lipinski definition) is 3. The van der Waals surface area contributed by atoms with Gasteiger partial charge in [0.15, 0.2) is 0 Å². The molecule has 0 bridgehead atoms. The average molecular weight is 286 g/mol. The van der Waals surface area contributed by atoms with E-state index in [1.807, 2.05) is 30.3 Å². The minimum absolute atomic E-state index is 0.180. The molecule has 5 nitrogen and oxygen atoms in total. The number of carbonyl (C=O) groups excluding carboxylic acids is 1. The lowest BCUT2D eigenvalue weighted by atomic mass is 10.1. The van der Waals surface area contributed by atoms with E-state index in [4.69, 9.17) is 10.6 Å². The van der Waals surface area contributed by atoms with E-state index in [1.54, 1.807) is 24.3 Å². The van der Waals surface area contributed by atoms with Crippen LogP contribution in [0.4, 0.5) is 0 Å². The summed E-state index contributed by atoms with van der Waals surface area (Å²) in [6.07, 6.45) is 0.353. The van der Waals surface area contributed by atoms with Crippen molar-refractivity contribution in [3.63, 3.8) is 0 Å². The van der Waals surface area contributed by atoms with Crippen molar-refractivity contribution in [1.82, 2.24) is 5.48 Å². The van der Waals surface area contributed by atoms with E-state index < -0.39 is 12.0 Å². The maximum Gasteiger partial charge on any atom is 0.341 e. The highest BCUT2D eigenvalue weighted by molar-refractivity contribution is 5.75. The number of hydrogen-bond acceptors (Lipinski definition) is 5. The third-order valence-electron chi connectivity index (χ3n) is 2.99. The van der Waals surface area contributed by atoms with Crippen molar-refractivity contribution >= 4 is 5.97 Å². The SMILES string of the molecule is N[C@@H](Cc1ccc(O)cc1)C(=O)ONCc1ccccc1. The van der Waals surface area contributed by atoms with E-state index in [2.05, 4.69) is 5.48 Å². The molecule has 4 N–H and O–H groups in total. The second-order valence-electron chi connectivity index (χ2n) is 4.70. The van der Waals surface area contributed by atoms with Gasteiger partial charge in [-0.2, -0.15) is 0 Å². The quantitative estimate of drug-likeness (QED) is 0.701. The molecule has 110 valence electrons. The van der Waals surface area contributed by atoms with Crippen LogP contribution in [0.5, 0.6) is 5.75 Å². The van der Waals surface area contributed by atoms with Gasteiger partial charge in [-0.3, -0.25) is 0 Å². The first-order chi connectivity index (χ1) is 10.1. The molecule has 0 amide bonds. The molecule has 0 unspecified atom stereocenters. The molecule has 0 spiro atoms. The summed E-state index contributed by atoms with van der Waals surface area (Å²) in [5, 5.41) is 9.19. The van der Waals surface area contributed by atoms with Gasteiger partial charge in [0.25, 0.3) is 0 Å². The van der Waals surface area contributed by atoms with Crippen LogP contribution in [0.15, 0.2) is 54.6 Å². The first kappa shape index (κ1) is 15.0. The number of phenols is 1. The van der Waals surface area contributed by atoms with Crippen molar-refractivity contribution in [2.75, 3.05) is 0 Å². The van der Waals surface area contributed by atoms with Crippen LogP contribution >= 0.6 is 0 Å². The lowest BCUT2D eigenvalue weighted by molar-refractivity contribution is -0.153. The molecule has 0 aromatic heterocycles. The monoisotopic (exact) mass is 286 g/mol. The van der Waals surface area contributed by atoms with Crippen LogP contribution in [0.1, 0.15) is 11.1 Å². The van der Waals surface area contributed by atoms with Crippen LogP contribution in [0.3, 0.4) is 0 Å². The highest BCUT2D eigenvalue weighted by Gasteiger charge is 2.16. The van der Waals surface area contributed by atoms with Crippen LogP contribution in [0.2, 0.25) is 0 Å². The molecule has 1 atom stereocenters. The van der Waals surface area contributed by atoms with Crippen molar-refractivity contribution < 1.29 is 14.7 Å². The first-order valence-corrected chi connectivity index (χ1v) is 6.66. The van der Waals surface area contributed by atoms with Gasteiger partial charge in [-0.05, 0) is 29.7 Å². The molecule has 2 aromatic rings. The number of rotatable bonds is 6. The van der Waals surface area contributed by atoms with Crippen molar-refractivity contribution in [2.24, 2.45) is 5.73 Å². The van der Waals surface area contributed by atoms with Gasteiger partial charge in [0.2, 0.25) is 0 Å². The zero-order valence-electron chi connectivity index (χ0n) is 11.5. The minimum Gasteiger partial charge on any atom is -0.508 e. The Balaban J connectivity index is 1.76. The smallest absolute Gasteiger partial charge is 0.341 e. The Morgan fingerprint density at radius 1 is 1.10 bits per heavy atom. The molecule has 5 heteroatoms. The molecule has 2 aromatic carbocycles. The number of hydroxylamine groups is 1. The van der Waals surface area contributed by atoms with Gasteiger partial charge in [-0.15, -0.1) is 5.48 Å². The van der Waals surface area contributed by atoms with Crippen molar-refractivity contribution in [2.45, 2.75) is 19.0 Å². The van der Waals surface area contributed by atoms with E-state index in [1.165, 1.54) is 0 Å². The van der Waals surface area contributed by atoms with E-state index in [0.717, 1.165) is 11.1 Å². The summed E-state index contributed by atoms with van der Waals surface area (Å²) in [5.74, 6) is -0.335. The predicted molar refractivity (Wildman–Crippen MR) is 79.2 cm³/mol. The van der Waals surface area contributed by atoms with Crippen molar-refractivity contribution in [1.29, 1.82) is 0 Å². The largest absolute Gasteiger partial charge is 0.508 e. The maximum atomic E-state index is 11.7. The van der Waals surface area contributed by atoms with Gasteiger partial charge in [0, 0.05) is 0 Å². The predicted octanol–water partition coefficient (Wildman–Crippen LogP) is 1.51. The lowest BCUT2D eigenvalue weighted by Crippen LogP contribution is -2.37. The van der Waals surface area contributed by atoms with E-state index in [9.17, 15) is 9.90 Å². The second-order valence-corrected chi connectivity index (χ2v) is 4.70. The molecular weight excluding hydrogens is 268 g/mol. The molecule has 0 radical (unpaired) electrons. The first-order valence-electron chi connectivity index (χ1n) is 6.66. The van der Waals surface area contributed by atoms with E-state index in [0.29, 0.717) is 13.0 Å². The molecule has 0 aliphatic carbocycles. The van der Waals surface area contributed by atoms with Gasteiger partial charge in [0.05, 0.1) is 6.54 Å². The Labute approximate surface area is 123 Å². The van der Waals surface area contributed by atoms with Gasteiger partial charge in [-0.25, -0.2) is 4.79 Å². The van der Waals surface area contributed by atoms with Crippen molar-refractivity contribution in [3.8, 4) is 5.75 Å². The van der Waals surface area contributed by atoms with Crippen LogP contribution in [-0.4, -0.2) is 17.1 Å². The van der Waals surface area contributed by atoms with E-state index in [-0.39, 0.29) is 5.75 Å². The Morgan fingerprint density at radius 3 is 2.43 bits per heavy atom. The Hall–Kier alpha value is -2.37. The Kier molecular flexibility index (Phi) is 5.31. The Morgan fingerprint density at radius 2 is 1.76 bits per heavy atom. The number of benzene rings is 2. The molecule has 0 saturated heterocycles. The van der Waals surface area contributed by atoms with Crippen molar-refractivity contribution in [3.05, 3.63) is 65.7 Å². The molecule has 2 rings (SSSR count). The zero-order valence-corrected chi connectivity index (χ0v) is 11.5. The molecule has 21 heavy (non-hydrogen) atoms. The van der Waals surface area contributed by atoms with Gasteiger partial charge >= 0.3 is 5.97 Å². The third kappa shape index (κ3) is 4.91. The standard InChI is InChI=1S/C16H18N2O3/c17-15(10-12-6-8-14(19)9-7-12)16(20)21-18-11-13-4-2-1-3-5-13/h1-9,15,18-19H,10-11,17H2/t15-/m0/s1. The highest BCUT2D eigenvalue weighted by atomic mass is 16.7. The molecule has 0 heterocycles. The Bertz CT molecular complexity index is 570. The van der Waals surface area contributed by atoms with Gasteiger partial charge < -0.3 is 15.7 Å². The summed E-state index contributed by atoms with van der Waals surface area (Å²) in [7, 11) is 0. The minimum atomic E-state index is -0.752. The molecule has 0 saturated carbocycles. The lowest BCUT2D eigenvalue weighted by Gasteiger charge is -2.11. The molecule has 0 aliphatic heterocycles. The van der Waals surface area contributed by atoms with Crippen LogP contribution in [0, 0.1) is 0 Å². The number of phenolic OH excluding ortho intramolecular Hbond substituents is 1. The fourth-order valence-electron chi connectivity index (χ4n) is 1.83. The van der Waals surface area contributed by atoms with Gasteiger partial charge in [-0.1, -0.05) is 42.5 Å². The maximum absolute atomic E-state index is 11.7. The number of aromatic hydroxyl groups is 1. The highest BCUT2D eigenvalue weighted by Crippen LogP contribution is 2.11. The van der Waals surface area contributed by atoms with Crippen LogP contribution in [-0.2, 0) is 22.6 Å². The average Bonchev–Trinajstić information content (AvgIpc) is 2.50. The summed E-state index contributed by atoms with van der Waals surface area (Å²) in [5.41, 5.74) is 10.3. The fourth-order valence-corrected chi connectivity index (χ4v) is 1.83. The summed E-state index contributed by atoms with van der Waals surface area (Å²) < 4.78 is 0. The van der Waals surface area contributed by atoms with E-state index >= 15 is 0 Å². The molecular formula is C16H18N2O3. The third-order valence-corrected chi connectivity index (χ3v) is 2.99. The summed E-state index contributed by atoms with van der Waals surface area (Å²) in [4.78, 5) is 16.7. The molecule has 0 fully saturated rings. The molecule has 0 aliphatic rings. The zero-order chi connectivity index (χ0) is 15.1.